The summed E-state index contributed by atoms with van der Waals surface area (Å²) in [5.74, 6) is -0.0955. The third kappa shape index (κ3) is 3.71. The molecule has 1 saturated heterocycles. The van der Waals surface area contributed by atoms with E-state index in [1.807, 2.05) is 49.4 Å². The highest BCUT2D eigenvalue weighted by Gasteiger charge is 2.23. The number of benzene rings is 2. The van der Waals surface area contributed by atoms with Crippen molar-refractivity contribution in [1.82, 2.24) is 5.32 Å². The molecule has 1 amide bonds. The highest BCUT2D eigenvalue weighted by molar-refractivity contribution is 8.18. The first-order valence-corrected chi connectivity index (χ1v) is 8.41. The Morgan fingerprint density at radius 3 is 2.57 bits per heavy atom. The minimum absolute atomic E-state index is 0.0955. The number of aliphatic imine (C=N–C) groups is 1. The topological polar surface area (TPSA) is 41.5 Å². The van der Waals surface area contributed by atoms with E-state index in [0.717, 1.165) is 23.2 Å². The van der Waals surface area contributed by atoms with Gasteiger partial charge in [-0.1, -0.05) is 49.4 Å². The summed E-state index contributed by atoms with van der Waals surface area (Å²) in [6, 6.07) is 16.1. The molecule has 0 bridgehead atoms. The number of thioether (sulfide) groups is 1. The van der Waals surface area contributed by atoms with Crippen molar-refractivity contribution in [3.8, 4) is 0 Å². The van der Waals surface area contributed by atoms with E-state index in [1.165, 1.54) is 17.3 Å². The number of rotatable bonds is 3. The monoisotopic (exact) mass is 322 g/mol. The van der Waals surface area contributed by atoms with Crippen LogP contribution in [0, 0.1) is 6.92 Å². The van der Waals surface area contributed by atoms with Crippen molar-refractivity contribution in [1.29, 1.82) is 0 Å². The Hall–Kier alpha value is -2.33. The van der Waals surface area contributed by atoms with Gasteiger partial charge in [-0.05, 0) is 53.9 Å². The molecule has 0 aliphatic carbocycles. The van der Waals surface area contributed by atoms with E-state index in [9.17, 15) is 4.79 Å². The number of hydrogen-bond acceptors (Lipinski definition) is 3. The van der Waals surface area contributed by atoms with Crippen molar-refractivity contribution in [2.24, 2.45) is 4.99 Å². The number of para-hydroxylation sites is 1. The summed E-state index contributed by atoms with van der Waals surface area (Å²) in [5.41, 5.74) is 4.28. The van der Waals surface area contributed by atoms with Gasteiger partial charge >= 0.3 is 0 Å². The van der Waals surface area contributed by atoms with Crippen molar-refractivity contribution < 1.29 is 4.79 Å². The number of carbonyl (C=O) groups is 1. The molecule has 1 fully saturated rings. The van der Waals surface area contributed by atoms with Crippen molar-refractivity contribution >= 4 is 34.6 Å². The highest BCUT2D eigenvalue weighted by Crippen LogP contribution is 2.29. The maximum absolute atomic E-state index is 12.1. The number of hydrogen-bond donors (Lipinski definition) is 1. The lowest BCUT2D eigenvalue weighted by molar-refractivity contribution is -0.115. The average molecular weight is 322 g/mol. The van der Waals surface area contributed by atoms with Gasteiger partial charge in [-0.25, -0.2) is 4.99 Å². The minimum atomic E-state index is -0.0955. The number of aryl methyl sites for hydroxylation is 2. The molecule has 0 aromatic heterocycles. The van der Waals surface area contributed by atoms with Gasteiger partial charge in [0.15, 0.2) is 5.17 Å². The van der Waals surface area contributed by atoms with Gasteiger partial charge in [0.2, 0.25) is 0 Å². The third-order valence-electron chi connectivity index (χ3n) is 3.67. The maximum atomic E-state index is 12.1. The Kier molecular flexibility index (Phi) is 4.63. The quantitative estimate of drug-likeness (QED) is 0.848. The van der Waals surface area contributed by atoms with E-state index in [-0.39, 0.29) is 5.91 Å². The van der Waals surface area contributed by atoms with Crippen molar-refractivity contribution in [2.75, 3.05) is 0 Å². The summed E-state index contributed by atoms with van der Waals surface area (Å²) in [6.45, 7) is 4.13. The molecule has 0 saturated carbocycles. The summed E-state index contributed by atoms with van der Waals surface area (Å²) in [5, 5.41) is 3.45. The van der Waals surface area contributed by atoms with Crippen molar-refractivity contribution in [3.63, 3.8) is 0 Å². The molecule has 116 valence electrons. The summed E-state index contributed by atoms with van der Waals surface area (Å²) >= 11 is 1.38. The van der Waals surface area contributed by atoms with Gasteiger partial charge in [0, 0.05) is 0 Å². The molecular weight excluding hydrogens is 304 g/mol. The first-order chi connectivity index (χ1) is 11.2. The van der Waals surface area contributed by atoms with Crippen LogP contribution in [0.15, 0.2) is 58.4 Å². The summed E-state index contributed by atoms with van der Waals surface area (Å²) < 4.78 is 0. The standard InChI is InChI=1S/C19H18N2OS/c1-3-14-8-10-15(11-9-14)12-17-18(22)21-19(23-17)20-16-7-5-4-6-13(16)2/h4-12H,3H2,1-2H3,(H,20,21,22)/b17-12-. The maximum Gasteiger partial charge on any atom is 0.264 e. The molecule has 0 spiro atoms. The largest absolute Gasteiger partial charge is 0.300 e. The second-order valence-corrected chi connectivity index (χ2v) is 6.39. The molecule has 1 heterocycles. The molecule has 3 rings (SSSR count). The van der Waals surface area contributed by atoms with Crippen LogP contribution in [0.3, 0.4) is 0 Å². The average Bonchev–Trinajstić information content (AvgIpc) is 2.90. The number of nitrogens with zero attached hydrogens (tertiary/aromatic N) is 1. The van der Waals surface area contributed by atoms with E-state index >= 15 is 0 Å². The lowest BCUT2D eigenvalue weighted by Crippen LogP contribution is -2.19. The van der Waals surface area contributed by atoms with Crippen molar-refractivity contribution in [3.05, 3.63) is 70.1 Å². The molecule has 1 aliphatic heterocycles. The van der Waals surface area contributed by atoms with Gasteiger partial charge < -0.3 is 5.32 Å². The van der Waals surface area contributed by atoms with E-state index in [1.54, 1.807) is 0 Å². The summed E-state index contributed by atoms with van der Waals surface area (Å²) in [6.07, 6.45) is 2.92. The number of carbonyl (C=O) groups excluding carboxylic acids is 1. The molecule has 3 nitrogen and oxygen atoms in total. The van der Waals surface area contributed by atoms with Gasteiger partial charge in [-0.3, -0.25) is 4.79 Å². The molecule has 23 heavy (non-hydrogen) atoms. The van der Waals surface area contributed by atoms with Crippen LogP contribution in [0.4, 0.5) is 5.69 Å². The Morgan fingerprint density at radius 2 is 1.87 bits per heavy atom. The Morgan fingerprint density at radius 1 is 1.13 bits per heavy atom. The molecule has 2 aromatic carbocycles. The van der Waals surface area contributed by atoms with E-state index in [2.05, 4.69) is 29.4 Å². The molecule has 0 radical (unpaired) electrons. The smallest absolute Gasteiger partial charge is 0.264 e. The Labute approximate surface area is 140 Å². The predicted molar refractivity (Wildman–Crippen MR) is 97.8 cm³/mol. The van der Waals surface area contributed by atoms with Gasteiger partial charge in [0.25, 0.3) is 5.91 Å². The summed E-state index contributed by atoms with van der Waals surface area (Å²) in [4.78, 5) is 17.3. The van der Waals surface area contributed by atoms with Crippen LogP contribution in [-0.2, 0) is 11.2 Å². The molecule has 2 aromatic rings. The number of amidine groups is 1. The zero-order chi connectivity index (χ0) is 16.2. The molecular formula is C19H18N2OS. The minimum Gasteiger partial charge on any atom is -0.300 e. The van der Waals surface area contributed by atoms with Gasteiger partial charge in [-0.15, -0.1) is 0 Å². The van der Waals surface area contributed by atoms with E-state index < -0.39 is 0 Å². The van der Waals surface area contributed by atoms with Crippen LogP contribution in [0.1, 0.15) is 23.6 Å². The first kappa shape index (κ1) is 15.6. The Balaban J connectivity index is 1.82. The SMILES string of the molecule is CCc1ccc(/C=C2\SC(=Nc3ccccc3C)NC2=O)cc1. The predicted octanol–water partition coefficient (Wildman–Crippen LogP) is 4.45. The van der Waals surface area contributed by atoms with Crippen LogP contribution in [0.2, 0.25) is 0 Å². The van der Waals surface area contributed by atoms with Crippen LogP contribution < -0.4 is 5.32 Å². The van der Waals surface area contributed by atoms with Crippen LogP contribution in [0.25, 0.3) is 6.08 Å². The van der Waals surface area contributed by atoms with E-state index in [4.69, 9.17) is 0 Å². The molecule has 1 aliphatic rings. The second kappa shape index (κ2) is 6.84. The first-order valence-electron chi connectivity index (χ1n) is 7.60. The van der Waals surface area contributed by atoms with Crippen LogP contribution in [0.5, 0.6) is 0 Å². The van der Waals surface area contributed by atoms with Crippen LogP contribution in [-0.4, -0.2) is 11.1 Å². The molecule has 4 heteroatoms. The zero-order valence-corrected chi connectivity index (χ0v) is 14.0. The fourth-order valence-corrected chi connectivity index (χ4v) is 3.11. The fraction of sp³-hybridized carbons (Fsp3) is 0.158. The van der Waals surface area contributed by atoms with Gasteiger partial charge in [-0.2, -0.15) is 0 Å². The number of nitrogens with one attached hydrogen (secondary N) is 1. The van der Waals surface area contributed by atoms with Gasteiger partial charge in [0.05, 0.1) is 10.6 Å². The third-order valence-corrected chi connectivity index (χ3v) is 4.58. The lowest BCUT2D eigenvalue weighted by atomic mass is 10.1. The number of amides is 1. The second-order valence-electron chi connectivity index (χ2n) is 5.36. The lowest BCUT2D eigenvalue weighted by Gasteiger charge is -1.99. The van der Waals surface area contributed by atoms with Gasteiger partial charge in [0.1, 0.15) is 0 Å². The van der Waals surface area contributed by atoms with Crippen LogP contribution >= 0.6 is 11.8 Å². The van der Waals surface area contributed by atoms with Crippen molar-refractivity contribution in [2.45, 2.75) is 20.3 Å². The summed E-state index contributed by atoms with van der Waals surface area (Å²) in [7, 11) is 0. The molecule has 1 N–H and O–H groups in total. The fourth-order valence-electron chi connectivity index (χ4n) is 2.28. The molecule has 0 atom stereocenters. The Bertz CT molecular complexity index is 791. The normalized spacial score (nSPS) is 17.7. The zero-order valence-electron chi connectivity index (χ0n) is 13.2. The highest BCUT2D eigenvalue weighted by atomic mass is 32.2. The molecule has 0 unspecified atom stereocenters. The van der Waals surface area contributed by atoms with E-state index in [0.29, 0.717) is 10.1 Å².